The Balaban J connectivity index is 1.55. The lowest BCUT2D eigenvalue weighted by Gasteiger charge is -2.37. The number of hydrogen-bond acceptors (Lipinski definition) is 5. The van der Waals surface area contributed by atoms with E-state index in [1.807, 2.05) is 19.1 Å². The van der Waals surface area contributed by atoms with E-state index >= 15 is 0 Å². The number of phenols is 1. The number of esters is 1. The molecule has 0 saturated heterocycles. The molecule has 2 N–H and O–H groups in total. The minimum atomic E-state index is -0.610. The fraction of sp³-hybridized carbons (Fsp3) is 0.357. The molecule has 5 rings (SSSR count). The number of ketones is 1. The van der Waals surface area contributed by atoms with Gasteiger partial charge in [0.1, 0.15) is 11.9 Å². The third-order valence-corrected chi connectivity index (χ3v) is 7.79. The zero-order chi connectivity index (χ0) is 24.7. The Morgan fingerprint density at radius 3 is 2.57 bits per heavy atom. The highest BCUT2D eigenvalue weighted by molar-refractivity contribution is 6.35. The maximum Gasteiger partial charge on any atom is 0.337 e. The van der Waals surface area contributed by atoms with Gasteiger partial charge < -0.3 is 15.2 Å². The van der Waals surface area contributed by atoms with Crippen LogP contribution in [0, 0.1) is 0 Å². The quantitative estimate of drug-likeness (QED) is 0.455. The first-order valence-electron chi connectivity index (χ1n) is 12.0. The van der Waals surface area contributed by atoms with E-state index in [-0.39, 0.29) is 30.0 Å². The Labute approximate surface area is 214 Å². The van der Waals surface area contributed by atoms with E-state index in [1.165, 1.54) is 0 Å². The van der Waals surface area contributed by atoms with Gasteiger partial charge in [0.25, 0.3) is 0 Å². The van der Waals surface area contributed by atoms with Gasteiger partial charge in [-0.15, -0.1) is 0 Å². The van der Waals surface area contributed by atoms with Crippen molar-refractivity contribution in [3.05, 3.63) is 86.2 Å². The highest BCUT2D eigenvalue weighted by Crippen LogP contribution is 2.47. The van der Waals surface area contributed by atoms with Gasteiger partial charge in [0.15, 0.2) is 5.78 Å². The lowest BCUT2D eigenvalue weighted by molar-refractivity contribution is -0.144. The van der Waals surface area contributed by atoms with Gasteiger partial charge in [0.05, 0.1) is 5.57 Å². The van der Waals surface area contributed by atoms with Crippen molar-refractivity contribution in [1.29, 1.82) is 0 Å². The van der Waals surface area contributed by atoms with Crippen molar-refractivity contribution in [3.8, 4) is 5.75 Å². The maximum absolute atomic E-state index is 13.7. The molecule has 0 radical (unpaired) electrons. The van der Waals surface area contributed by atoms with Crippen LogP contribution in [-0.2, 0) is 14.3 Å². The summed E-state index contributed by atoms with van der Waals surface area (Å²) in [5, 5.41) is 14.6. The first-order chi connectivity index (χ1) is 16.8. The third-order valence-electron chi connectivity index (χ3n) is 7.23. The lowest BCUT2D eigenvalue weighted by Crippen LogP contribution is -2.36. The number of ether oxygens (including phenoxy) is 1. The summed E-state index contributed by atoms with van der Waals surface area (Å²) in [7, 11) is 0. The van der Waals surface area contributed by atoms with Gasteiger partial charge in [-0.25, -0.2) is 4.79 Å². The topological polar surface area (TPSA) is 75.6 Å². The van der Waals surface area contributed by atoms with Gasteiger partial charge in [0.2, 0.25) is 0 Å². The summed E-state index contributed by atoms with van der Waals surface area (Å²) in [4.78, 5) is 27.1. The van der Waals surface area contributed by atoms with Crippen molar-refractivity contribution in [1.82, 2.24) is 5.32 Å². The number of allylic oxidation sites excluding steroid dienone is 3. The maximum atomic E-state index is 13.7. The summed E-state index contributed by atoms with van der Waals surface area (Å²) in [6.07, 6.45) is 4.55. The van der Waals surface area contributed by atoms with Crippen LogP contribution in [-0.4, -0.2) is 23.0 Å². The largest absolute Gasteiger partial charge is 0.508 e. The molecule has 1 aliphatic heterocycles. The van der Waals surface area contributed by atoms with Crippen molar-refractivity contribution >= 4 is 35.0 Å². The van der Waals surface area contributed by atoms with Crippen LogP contribution in [0.25, 0.3) is 0 Å². The molecule has 2 aromatic carbocycles. The number of dihydropyridines is 1. The Hall–Kier alpha value is -2.76. The molecule has 5 nitrogen and oxygen atoms in total. The molecular formula is C28H27Cl2NO4. The van der Waals surface area contributed by atoms with Gasteiger partial charge >= 0.3 is 5.97 Å². The molecule has 35 heavy (non-hydrogen) atoms. The molecule has 0 spiro atoms. The Morgan fingerprint density at radius 2 is 1.86 bits per heavy atom. The fourth-order valence-electron chi connectivity index (χ4n) is 5.62. The Bertz CT molecular complexity index is 1260. The Morgan fingerprint density at radius 1 is 1.09 bits per heavy atom. The SMILES string of the molecule is CC1=C(C(=O)OC2CCCC2)C(c2cccc(O)c2)C2=C(CC(c3ccc(Cl)cc3Cl)CC2=O)N1. The average Bonchev–Trinajstić information content (AvgIpc) is 3.31. The summed E-state index contributed by atoms with van der Waals surface area (Å²) < 4.78 is 5.87. The van der Waals surface area contributed by atoms with Gasteiger partial charge in [-0.3, -0.25) is 4.79 Å². The van der Waals surface area contributed by atoms with Crippen LogP contribution in [0.5, 0.6) is 5.75 Å². The fourth-order valence-corrected chi connectivity index (χ4v) is 6.18. The summed E-state index contributed by atoms with van der Waals surface area (Å²) in [6.45, 7) is 1.84. The number of Topliss-reactive ketones (excluding diaryl/α,β-unsaturated/α-hetero) is 1. The second-order valence-electron chi connectivity index (χ2n) is 9.59. The first kappa shape index (κ1) is 24.0. The van der Waals surface area contributed by atoms with Crippen molar-refractivity contribution in [2.24, 2.45) is 0 Å². The van der Waals surface area contributed by atoms with Crippen molar-refractivity contribution in [2.45, 2.75) is 63.4 Å². The molecule has 7 heteroatoms. The molecule has 1 heterocycles. The smallest absolute Gasteiger partial charge is 0.337 e. The Kier molecular flexibility index (Phi) is 6.65. The van der Waals surface area contributed by atoms with Crippen LogP contribution in [0.4, 0.5) is 0 Å². The predicted molar refractivity (Wildman–Crippen MR) is 136 cm³/mol. The van der Waals surface area contributed by atoms with Crippen molar-refractivity contribution in [2.75, 3.05) is 0 Å². The number of phenolic OH excluding ortho intramolecular Hbond substituents is 1. The standard InChI is InChI=1S/C28H27Cl2NO4/c1-15-25(28(34)35-20-7-2-3-8-20)26(16-5-4-6-19(32)11-16)27-23(31-15)12-17(13-24(27)33)21-10-9-18(29)14-22(21)30/h4-6,9-11,14,17,20,26,31-32H,2-3,7-8,12-13H2,1H3. The molecule has 2 aromatic rings. The van der Waals surface area contributed by atoms with Gasteiger partial charge in [0, 0.05) is 39.4 Å². The number of rotatable bonds is 4. The molecule has 2 unspecified atom stereocenters. The van der Waals surface area contributed by atoms with E-state index in [1.54, 1.807) is 30.3 Å². The third kappa shape index (κ3) is 4.72. The molecule has 2 atom stereocenters. The van der Waals surface area contributed by atoms with E-state index in [9.17, 15) is 14.7 Å². The zero-order valence-electron chi connectivity index (χ0n) is 19.4. The molecular weight excluding hydrogens is 485 g/mol. The van der Waals surface area contributed by atoms with Crippen molar-refractivity contribution in [3.63, 3.8) is 0 Å². The van der Waals surface area contributed by atoms with E-state index in [2.05, 4.69) is 5.32 Å². The molecule has 3 aliphatic rings. The number of carbonyl (C=O) groups is 2. The summed E-state index contributed by atoms with van der Waals surface area (Å²) in [6, 6.07) is 12.1. The number of hydrogen-bond donors (Lipinski definition) is 2. The van der Waals surface area contributed by atoms with Crippen LogP contribution < -0.4 is 5.32 Å². The predicted octanol–water partition coefficient (Wildman–Crippen LogP) is 6.55. The number of benzene rings is 2. The second-order valence-corrected chi connectivity index (χ2v) is 10.4. The molecule has 0 aromatic heterocycles. The number of nitrogens with one attached hydrogen (secondary N) is 1. The average molecular weight is 512 g/mol. The molecule has 0 amide bonds. The van der Waals surface area contributed by atoms with E-state index < -0.39 is 11.9 Å². The summed E-state index contributed by atoms with van der Waals surface area (Å²) >= 11 is 12.5. The van der Waals surface area contributed by atoms with Crippen LogP contribution in [0.2, 0.25) is 10.0 Å². The van der Waals surface area contributed by atoms with Crippen LogP contribution in [0.15, 0.2) is 65.0 Å². The summed E-state index contributed by atoms with van der Waals surface area (Å²) in [5.74, 6) is -1.10. The normalized spacial score (nSPS) is 22.8. The van der Waals surface area contributed by atoms with Crippen LogP contribution >= 0.6 is 23.2 Å². The second kappa shape index (κ2) is 9.71. The van der Waals surface area contributed by atoms with E-state index in [0.29, 0.717) is 38.9 Å². The molecule has 1 saturated carbocycles. The number of carbonyl (C=O) groups excluding carboxylic acids is 2. The minimum Gasteiger partial charge on any atom is -0.508 e. The van der Waals surface area contributed by atoms with Gasteiger partial charge in [-0.2, -0.15) is 0 Å². The highest BCUT2D eigenvalue weighted by atomic mass is 35.5. The molecule has 0 bridgehead atoms. The highest BCUT2D eigenvalue weighted by Gasteiger charge is 2.42. The van der Waals surface area contributed by atoms with E-state index in [4.69, 9.17) is 27.9 Å². The van der Waals surface area contributed by atoms with Gasteiger partial charge in [-0.05, 0) is 80.3 Å². The number of halogens is 2. The van der Waals surface area contributed by atoms with Crippen LogP contribution in [0.1, 0.15) is 68.4 Å². The molecule has 1 fully saturated rings. The monoisotopic (exact) mass is 511 g/mol. The lowest BCUT2D eigenvalue weighted by atomic mass is 9.71. The zero-order valence-corrected chi connectivity index (χ0v) is 21.0. The number of aromatic hydroxyl groups is 1. The minimum absolute atomic E-state index is 0.0539. The molecule has 182 valence electrons. The molecule has 2 aliphatic carbocycles. The van der Waals surface area contributed by atoms with E-state index in [0.717, 1.165) is 36.9 Å². The first-order valence-corrected chi connectivity index (χ1v) is 12.8. The summed E-state index contributed by atoms with van der Waals surface area (Å²) in [5.41, 5.74) is 3.99. The van der Waals surface area contributed by atoms with Gasteiger partial charge in [-0.1, -0.05) is 41.4 Å². The van der Waals surface area contributed by atoms with Crippen LogP contribution in [0.3, 0.4) is 0 Å². The van der Waals surface area contributed by atoms with Crippen molar-refractivity contribution < 1.29 is 19.4 Å².